The predicted octanol–water partition coefficient (Wildman–Crippen LogP) is 2.78. The molecule has 1 aromatic carbocycles. The fraction of sp³-hybridized carbons (Fsp3) is 0.333. The first kappa shape index (κ1) is 15.8. The molecule has 0 saturated carbocycles. The molecule has 0 radical (unpaired) electrons. The van der Waals surface area contributed by atoms with Crippen LogP contribution >= 0.6 is 0 Å². The molecule has 22 heavy (non-hydrogen) atoms. The average Bonchev–Trinajstić information content (AvgIpc) is 2.49. The lowest BCUT2D eigenvalue weighted by molar-refractivity contribution is -0.128. The van der Waals surface area contributed by atoms with Crippen molar-refractivity contribution in [2.75, 3.05) is 13.2 Å². The van der Waals surface area contributed by atoms with E-state index in [9.17, 15) is 4.79 Å². The van der Waals surface area contributed by atoms with Crippen molar-refractivity contribution in [2.45, 2.75) is 20.8 Å². The Bertz CT molecular complexity index is 716. The number of ether oxygens (including phenoxy) is 1. The highest BCUT2D eigenvalue weighted by molar-refractivity contribution is 5.84. The Balaban J connectivity index is 1.87. The van der Waals surface area contributed by atoms with E-state index in [-0.39, 0.29) is 12.5 Å². The molecule has 4 nitrogen and oxygen atoms in total. The standard InChI is InChI=1S/C18H20N2O2/c1-18(2,3)17(21)20-11-4-5-13-22-15-10-6-8-14-9-7-12-19-16(14)15/h6-10,12H,11,13H2,1-3H3,(H,20,21). The number of fused-ring (bicyclic) bond motifs is 1. The summed E-state index contributed by atoms with van der Waals surface area (Å²) in [5.41, 5.74) is 0.431. The highest BCUT2D eigenvalue weighted by atomic mass is 16.5. The molecule has 0 bridgehead atoms. The first-order valence-corrected chi connectivity index (χ1v) is 7.19. The topological polar surface area (TPSA) is 51.2 Å². The number of pyridine rings is 1. The van der Waals surface area contributed by atoms with E-state index in [1.165, 1.54) is 0 Å². The van der Waals surface area contributed by atoms with Crippen molar-refractivity contribution in [1.29, 1.82) is 0 Å². The Morgan fingerprint density at radius 2 is 2.00 bits per heavy atom. The minimum Gasteiger partial charge on any atom is -0.479 e. The van der Waals surface area contributed by atoms with E-state index in [4.69, 9.17) is 4.74 Å². The predicted molar refractivity (Wildman–Crippen MR) is 87.5 cm³/mol. The number of benzene rings is 1. The number of carbonyl (C=O) groups is 1. The van der Waals surface area contributed by atoms with E-state index in [1.807, 2.05) is 51.1 Å². The summed E-state index contributed by atoms with van der Waals surface area (Å²) < 4.78 is 5.64. The molecule has 0 aliphatic heterocycles. The number of hydrogen-bond donors (Lipinski definition) is 1. The van der Waals surface area contributed by atoms with E-state index in [0.29, 0.717) is 12.3 Å². The van der Waals surface area contributed by atoms with Crippen molar-refractivity contribution in [3.63, 3.8) is 0 Å². The highest BCUT2D eigenvalue weighted by Gasteiger charge is 2.19. The molecule has 4 heteroatoms. The van der Waals surface area contributed by atoms with Gasteiger partial charge in [0.05, 0.1) is 6.54 Å². The molecule has 114 valence electrons. The van der Waals surface area contributed by atoms with Crippen molar-refractivity contribution in [1.82, 2.24) is 10.3 Å². The zero-order valence-electron chi connectivity index (χ0n) is 13.1. The number of para-hydroxylation sites is 1. The zero-order valence-corrected chi connectivity index (χ0v) is 13.1. The van der Waals surface area contributed by atoms with Crippen LogP contribution in [0.5, 0.6) is 5.75 Å². The Kier molecular flexibility index (Phi) is 5.00. The molecule has 1 aromatic heterocycles. The van der Waals surface area contributed by atoms with E-state index in [1.54, 1.807) is 6.20 Å². The van der Waals surface area contributed by atoms with Gasteiger partial charge in [0, 0.05) is 17.0 Å². The van der Waals surface area contributed by atoms with Crippen molar-refractivity contribution in [3.05, 3.63) is 36.5 Å². The number of aromatic nitrogens is 1. The molecule has 1 amide bonds. The first-order chi connectivity index (χ1) is 10.5. The van der Waals surface area contributed by atoms with E-state index in [0.717, 1.165) is 10.9 Å². The second-order valence-corrected chi connectivity index (χ2v) is 5.91. The van der Waals surface area contributed by atoms with Gasteiger partial charge in [0.15, 0.2) is 0 Å². The van der Waals surface area contributed by atoms with Gasteiger partial charge in [-0.15, -0.1) is 0 Å². The summed E-state index contributed by atoms with van der Waals surface area (Å²) in [7, 11) is 0. The third-order valence-electron chi connectivity index (χ3n) is 3.04. The molecule has 1 heterocycles. The van der Waals surface area contributed by atoms with Gasteiger partial charge >= 0.3 is 0 Å². The van der Waals surface area contributed by atoms with Crippen molar-refractivity contribution in [3.8, 4) is 17.6 Å². The second-order valence-electron chi connectivity index (χ2n) is 5.91. The van der Waals surface area contributed by atoms with Gasteiger partial charge in [-0.05, 0) is 12.1 Å². The fourth-order valence-electron chi connectivity index (χ4n) is 1.81. The van der Waals surface area contributed by atoms with Gasteiger partial charge in [0.2, 0.25) is 5.91 Å². The third kappa shape index (κ3) is 4.23. The lowest BCUT2D eigenvalue weighted by Gasteiger charge is -2.16. The maximum atomic E-state index is 11.6. The Labute approximate surface area is 130 Å². The zero-order chi connectivity index (χ0) is 16.0. The molecule has 0 saturated heterocycles. The molecule has 0 aliphatic rings. The average molecular weight is 296 g/mol. The summed E-state index contributed by atoms with van der Waals surface area (Å²) in [4.78, 5) is 16.0. The summed E-state index contributed by atoms with van der Waals surface area (Å²) in [5, 5.41) is 3.80. The maximum absolute atomic E-state index is 11.6. The quantitative estimate of drug-likeness (QED) is 0.886. The summed E-state index contributed by atoms with van der Waals surface area (Å²) in [6.07, 6.45) is 1.74. The van der Waals surface area contributed by atoms with Crippen molar-refractivity contribution < 1.29 is 9.53 Å². The summed E-state index contributed by atoms with van der Waals surface area (Å²) in [6.45, 7) is 6.19. The molecule has 0 spiro atoms. The molecule has 0 atom stereocenters. The van der Waals surface area contributed by atoms with Crippen LogP contribution in [0.25, 0.3) is 10.9 Å². The highest BCUT2D eigenvalue weighted by Crippen LogP contribution is 2.22. The molecule has 1 N–H and O–H groups in total. The van der Waals surface area contributed by atoms with Crippen LogP contribution < -0.4 is 10.1 Å². The van der Waals surface area contributed by atoms with Gasteiger partial charge < -0.3 is 10.1 Å². The van der Waals surface area contributed by atoms with Crippen LogP contribution in [0.15, 0.2) is 36.5 Å². The first-order valence-electron chi connectivity index (χ1n) is 7.19. The van der Waals surface area contributed by atoms with Gasteiger partial charge in [0.1, 0.15) is 17.9 Å². The lowest BCUT2D eigenvalue weighted by Crippen LogP contribution is -2.34. The van der Waals surface area contributed by atoms with Gasteiger partial charge in [-0.2, -0.15) is 0 Å². The van der Waals surface area contributed by atoms with E-state index >= 15 is 0 Å². The van der Waals surface area contributed by atoms with Gasteiger partial charge in [0.25, 0.3) is 0 Å². The SMILES string of the molecule is CC(C)(C)C(=O)NCC#CCOc1cccc2cccnc12. The van der Waals surface area contributed by atoms with Crippen LogP contribution in [0, 0.1) is 17.3 Å². The Morgan fingerprint density at radius 3 is 2.77 bits per heavy atom. The molecule has 0 unspecified atom stereocenters. The Hall–Kier alpha value is -2.54. The number of nitrogens with zero attached hydrogens (tertiary/aromatic N) is 1. The molecule has 2 rings (SSSR count). The van der Waals surface area contributed by atoms with Crippen LogP contribution in [0.2, 0.25) is 0 Å². The molecule has 0 aliphatic carbocycles. The largest absolute Gasteiger partial charge is 0.479 e. The van der Waals surface area contributed by atoms with Gasteiger partial charge in [-0.1, -0.05) is 50.8 Å². The summed E-state index contributed by atoms with van der Waals surface area (Å²) in [5.74, 6) is 6.47. The normalized spacial score (nSPS) is 10.7. The fourth-order valence-corrected chi connectivity index (χ4v) is 1.81. The van der Waals surface area contributed by atoms with Crippen LogP contribution in [0.4, 0.5) is 0 Å². The van der Waals surface area contributed by atoms with Crippen molar-refractivity contribution >= 4 is 16.8 Å². The van der Waals surface area contributed by atoms with E-state index < -0.39 is 5.41 Å². The van der Waals surface area contributed by atoms with Crippen molar-refractivity contribution in [2.24, 2.45) is 5.41 Å². The van der Waals surface area contributed by atoms with E-state index in [2.05, 4.69) is 22.1 Å². The molecular weight excluding hydrogens is 276 g/mol. The number of rotatable bonds is 3. The van der Waals surface area contributed by atoms with Crippen LogP contribution in [0.1, 0.15) is 20.8 Å². The maximum Gasteiger partial charge on any atom is 0.226 e. The van der Waals surface area contributed by atoms with Crippen LogP contribution in [0.3, 0.4) is 0 Å². The lowest BCUT2D eigenvalue weighted by atomic mass is 9.96. The smallest absolute Gasteiger partial charge is 0.226 e. The number of amides is 1. The van der Waals surface area contributed by atoms with Crippen LogP contribution in [-0.4, -0.2) is 24.0 Å². The molecule has 2 aromatic rings. The minimum atomic E-state index is -0.396. The van der Waals surface area contributed by atoms with Gasteiger partial charge in [-0.3, -0.25) is 9.78 Å². The molecule has 0 fully saturated rings. The monoisotopic (exact) mass is 296 g/mol. The summed E-state index contributed by atoms with van der Waals surface area (Å²) >= 11 is 0. The minimum absolute atomic E-state index is 0.0130. The molecular formula is C18H20N2O2. The number of nitrogens with one attached hydrogen (secondary N) is 1. The second kappa shape index (κ2) is 6.95. The van der Waals surface area contributed by atoms with Gasteiger partial charge in [-0.25, -0.2) is 0 Å². The Morgan fingerprint density at radius 1 is 1.23 bits per heavy atom. The third-order valence-corrected chi connectivity index (χ3v) is 3.04. The summed E-state index contributed by atoms with van der Waals surface area (Å²) in [6, 6.07) is 9.67. The van der Waals surface area contributed by atoms with Crippen LogP contribution in [-0.2, 0) is 4.79 Å². The number of hydrogen-bond acceptors (Lipinski definition) is 3. The number of carbonyl (C=O) groups excluding carboxylic acids is 1.